The molecule has 0 aliphatic rings. The van der Waals surface area contributed by atoms with Crippen molar-refractivity contribution in [2.75, 3.05) is 12.4 Å². The molecular formula is C20H26N6S. The minimum Gasteiger partial charge on any atom is -0.346 e. The molecule has 3 aromatic rings. The highest BCUT2D eigenvalue weighted by Crippen LogP contribution is 2.22. The van der Waals surface area contributed by atoms with Crippen molar-refractivity contribution in [2.45, 2.75) is 33.9 Å². The molecular weight excluding hydrogens is 356 g/mol. The van der Waals surface area contributed by atoms with Gasteiger partial charge in [0.15, 0.2) is 5.11 Å². The van der Waals surface area contributed by atoms with Crippen LogP contribution in [0.25, 0.3) is 0 Å². The molecule has 0 aliphatic carbocycles. The third-order valence-corrected chi connectivity index (χ3v) is 5.28. The van der Waals surface area contributed by atoms with Crippen molar-refractivity contribution in [3.63, 3.8) is 0 Å². The Balaban J connectivity index is 1.73. The molecule has 0 spiro atoms. The van der Waals surface area contributed by atoms with E-state index in [1.165, 1.54) is 11.1 Å². The van der Waals surface area contributed by atoms with Gasteiger partial charge in [0.05, 0.1) is 35.9 Å². The average molecular weight is 383 g/mol. The van der Waals surface area contributed by atoms with Crippen LogP contribution in [0, 0.1) is 20.8 Å². The lowest BCUT2D eigenvalue weighted by Crippen LogP contribution is -2.31. The molecule has 2 heterocycles. The van der Waals surface area contributed by atoms with Crippen molar-refractivity contribution >= 4 is 23.0 Å². The molecule has 0 aliphatic heterocycles. The van der Waals surface area contributed by atoms with Gasteiger partial charge in [0.1, 0.15) is 0 Å². The molecule has 0 fully saturated rings. The number of aryl methyl sites for hydroxylation is 3. The number of hydrogen-bond donors (Lipinski definition) is 1. The zero-order chi connectivity index (χ0) is 19.6. The number of thiocarbonyl (C=S) groups is 1. The first-order valence-corrected chi connectivity index (χ1v) is 9.35. The molecule has 0 amide bonds. The smallest absolute Gasteiger partial charge is 0.173 e. The van der Waals surface area contributed by atoms with Gasteiger partial charge in [-0.1, -0.05) is 24.3 Å². The highest BCUT2D eigenvalue weighted by molar-refractivity contribution is 7.80. The average Bonchev–Trinajstić information content (AvgIpc) is 3.15. The number of nitrogens with one attached hydrogen (secondary N) is 1. The van der Waals surface area contributed by atoms with E-state index in [0.717, 1.165) is 29.3 Å². The molecule has 1 N–H and O–H groups in total. The first-order chi connectivity index (χ1) is 12.9. The lowest BCUT2D eigenvalue weighted by atomic mass is 10.1. The van der Waals surface area contributed by atoms with E-state index in [2.05, 4.69) is 48.5 Å². The van der Waals surface area contributed by atoms with Crippen LogP contribution >= 0.6 is 12.2 Å². The predicted octanol–water partition coefficient (Wildman–Crippen LogP) is 3.42. The van der Waals surface area contributed by atoms with E-state index in [1.54, 1.807) is 6.20 Å². The summed E-state index contributed by atoms with van der Waals surface area (Å²) in [5, 5.41) is 13.0. The van der Waals surface area contributed by atoms with Crippen LogP contribution < -0.4 is 5.32 Å². The van der Waals surface area contributed by atoms with Crippen molar-refractivity contribution in [1.29, 1.82) is 0 Å². The Morgan fingerprint density at radius 2 is 1.93 bits per heavy atom. The van der Waals surface area contributed by atoms with Crippen LogP contribution in [0.5, 0.6) is 0 Å². The van der Waals surface area contributed by atoms with E-state index < -0.39 is 0 Å². The Hall–Kier alpha value is -2.67. The fourth-order valence-electron chi connectivity index (χ4n) is 3.05. The molecule has 1 aromatic carbocycles. The molecule has 0 unspecified atom stereocenters. The Bertz CT molecular complexity index is 955. The monoisotopic (exact) mass is 382 g/mol. The molecule has 0 bridgehead atoms. The fraction of sp³-hybridized carbons (Fsp3) is 0.350. The van der Waals surface area contributed by atoms with Gasteiger partial charge in [-0.3, -0.25) is 9.36 Å². The summed E-state index contributed by atoms with van der Waals surface area (Å²) >= 11 is 5.60. The summed E-state index contributed by atoms with van der Waals surface area (Å²) < 4.78 is 3.89. The lowest BCUT2D eigenvalue weighted by Gasteiger charge is -2.21. The zero-order valence-corrected chi connectivity index (χ0v) is 17.3. The van der Waals surface area contributed by atoms with E-state index in [4.69, 9.17) is 17.3 Å². The van der Waals surface area contributed by atoms with E-state index in [1.807, 2.05) is 41.3 Å². The minimum absolute atomic E-state index is 0.665. The van der Waals surface area contributed by atoms with Gasteiger partial charge in [-0.2, -0.15) is 10.2 Å². The van der Waals surface area contributed by atoms with E-state index in [9.17, 15) is 0 Å². The molecule has 0 atom stereocenters. The highest BCUT2D eigenvalue weighted by atomic mass is 32.1. The van der Waals surface area contributed by atoms with Crippen LogP contribution in [-0.2, 0) is 20.1 Å². The lowest BCUT2D eigenvalue weighted by molar-refractivity contribution is 0.482. The second-order valence-corrected chi connectivity index (χ2v) is 7.25. The van der Waals surface area contributed by atoms with E-state index in [-0.39, 0.29) is 0 Å². The van der Waals surface area contributed by atoms with Crippen LogP contribution in [0.2, 0.25) is 0 Å². The quantitative estimate of drug-likeness (QED) is 0.685. The summed E-state index contributed by atoms with van der Waals surface area (Å²) in [7, 11) is 3.91. The normalized spacial score (nSPS) is 10.9. The fourth-order valence-corrected chi connectivity index (χ4v) is 3.22. The van der Waals surface area contributed by atoms with Crippen molar-refractivity contribution in [1.82, 2.24) is 24.5 Å². The van der Waals surface area contributed by atoms with Crippen LogP contribution in [0.3, 0.4) is 0 Å². The molecule has 2 aromatic heterocycles. The number of nitrogens with zero attached hydrogens (tertiary/aromatic N) is 5. The van der Waals surface area contributed by atoms with Crippen LogP contribution in [0.4, 0.5) is 5.69 Å². The van der Waals surface area contributed by atoms with Gasteiger partial charge in [0.25, 0.3) is 0 Å². The summed E-state index contributed by atoms with van der Waals surface area (Å²) in [4.78, 5) is 2.00. The summed E-state index contributed by atoms with van der Waals surface area (Å²) in [5.74, 6) is 0. The van der Waals surface area contributed by atoms with E-state index >= 15 is 0 Å². The topological polar surface area (TPSA) is 50.9 Å². The third-order valence-electron chi connectivity index (χ3n) is 4.86. The van der Waals surface area contributed by atoms with Crippen molar-refractivity contribution in [3.8, 4) is 0 Å². The summed E-state index contributed by atoms with van der Waals surface area (Å²) in [6.07, 6.45) is 1.80. The van der Waals surface area contributed by atoms with Gasteiger partial charge in [0.2, 0.25) is 0 Å². The summed E-state index contributed by atoms with van der Waals surface area (Å²) in [5.41, 5.74) is 6.64. The molecule has 3 rings (SSSR count). The summed E-state index contributed by atoms with van der Waals surface area (Å²) in [6.45, 7) is 7.65. The Kier molecular flexibility index (Phi) is 5.60. The number of rotatable bonds is 5. The van der Waals surface area contributed by atoms with Crippen molar-refractivity contribution in [2.24, 2.45) is 7.05 Å². The Morgan fingerprint density at radius 3 is 2.59 bits per heavy atom. The number of hydrogen-bond acceptors (Lipinski definition) is 3. The van der Waals surface area contributed by atoms with Gasteiger partial charge in [0, 0.05) is 20.3 Å². The molecule has 0 saturated carbocycles. The predicted molar refractivity (Wildman–Crippen MR) is 113 cm³/mol. The largest absolute Gasteiger partial charge is 0.346 e. The SMILES string of the molecule is Cc1ccccc1Cn1nc(C)c(NC(=S)N(C)Cc2ccnn2C)c1C. The van der Waals surface area contributed by atoms with Gasteiger partial charge in [-0.25, -0.2) is 0 Å². The Labute approximate surface area is 165 Å². The standard InChI is InChI=1S/C20H26N6S/c1-14-8-6-7-9-17(14)12-26-16(3)19(15(2)23-26)22-20(27)24(4)13-18-10-11-21-25(18)5/h6-11H,12-13H2,1-5H3,(H,22,27). The maximum Gasteiger partial charge on any atom is 0.173 e. The van der Waals surface area contributed by atoms with Gasteiger partial charge in [-0.05, 0) is 50.2 Å². The van der Waals surface area contributed by atoms with Crippen LogP contribution in [-0.4, -0.2) is 36.6 Å². The summed E-state index contributed by atoms with van der Waals surface area (Å²) in [6, 6.07) is 10.4. The number of aromatic nitrogens is 4. The van der Waals surface area contributed by atoms with Gasteiger partial charge >= 0.3 is 0 Å². The first kappa shape index (κ1) is 19.1. The van der Waals surface area contributed by atoms with Crippen LogP contribution in [0.1, 0.15) is 28.2 Å². The van der Waals surface area contributed by atoms with Gasteiger partial charge < -0.3 is 10.2 Å². The Morgan fingerprint density at radius 1 is 1.19 bits per heavy atom. The number of anilines is 1. The molecule has 0 radical (unpaired) electrons. The highest BCUT2D eigenvalue weighted by Gasteiger charge is 2.15. The minimum atomic E-state index is 0.665. The second kappa shape index (κ2) is 7.92. The molecule has 7 heteroatoms. The zero-order valence-electron chi connectivity index (χ0n) is 16.5. The van der Waals surface area contributed by atoms with E-state index in [0.29, 0.717) is 11.7 Å². The van der Waals surface area contributed by atoms with Crippen LogP contribution in [0.15, 0.2) is 36.5 Å². The third kappa shape index (κ3) is 4.19. The maximum atomic E-state index is 5.60. The maximum absolute atomic E-state index is 5.60. The first-order valence-electron chi connectivity index (χ1n) is 8.94. The molecule has 27 heavy (non-hydrogen) atoms. The number of benzene rings is 1. The molecule has 142 valence electrons. The van der Waals surface area contributed by atoms with Gasteiger partial charge in [-0.15, -0.1) is 0 Å². The second-order valence-electron chi connectivity index (χ2n) is 6.86. The van der Waals surface area contributed by atoms with Crippen molar-refractivity contribution in [3.05, 3.63) is 64.7 Å². The van der Waals surface area contributed by atoms with Crippen molar-refractivity contribution < 1.29 is 0 Å². The molecule has 6 nitrogen and oxygen atoms in total. The molecule has 0 saturated heterocycles.